The lowest BCUT2D eigenvalue weighted by atomic mass is 9.89. The molecule has 3 heterocycles. The number of aromatic nitrogens is 2. The number of ketones is 2. The van der Waals surface area contributed by atoms with Crippen molar-refractivity contribution in [2.24, 2.45) is 0 Å². The predicted molar refractivity (Wildman–Crippen MR) is 252 cm³/mol. The average Bonchev–Trinajstić information content (AvgIpc) is 3.84. The van der Waals surface area contributed by atoms with Gasteiger partial charge in [0.25, 0.3) is 19.3 Å². The van der Waals surface area contributed by atoms with Crippen LogP contribution in [0, 0.1) is 6.92 Å². The number of benzene rings is 4. The maximum Gasteiger partial charge on any atom is 0.336 e. The standard InChI is InChI=1S/C48H45N4O17PS/c1-24-22-52(48(63)49-45(24)59)41-21-34(55)38(69-41)23-67-70(64,65)66-15-16-71-39-20-35(56)42(44(39)58)26-7-5-25(6-8-26)3-2-4-40(57)50-51-46(60)27-9-12-30(47(61)62)33(17-27)43-31-13-10-28(53)18-36(31)68-37-19-29(54)11-14-32(37)43/h5-14,17-19,22,34,38-39,41-42,53,55H,2-4,15-16,20-21,23H2,1H3,(H,50,57)(H,51,60)(H,61,62)(H,64,65)(H,49,59,63)/p-1/t34-,38-,39?,41-,42?/m1/s1. The van der Waals surface area contributed by atoms with E-state index in [0.29, 0.717) is 34.9 Å². The highest BCUT2D eigenvalue weighted by Gasteiger charge is 2.42. The van der Waals surface area contributed by atoms with Crippen molar-refractivity contribution in [3.8, 4) is 28.2 Å². The van der Waals surface area contributed by atoms with Gasteiger partial charge in [-0.1, -0.05) is 24.3 Å². The Bertz CT molecular complexity index is 3280. The van der Waals surface area contributed by atoms with Crippen LogP contribution in [-0.2, 0) is 39.2 Å². The van der Waals surface area contributed by atoms with Gasteiger partial charge in [0, 0.05) is 71.0 Å². The highest BCUT2D eigenvalue weighted by molar-refractivity contribution is 8.00. The molecule has 4 aliphatic rings. The Morgan fingerprint density at radius 1 is 0.958 bits per heavy atom. The van der Waals surface area contributed by atoms with Crippen molar-refractivity contribution in [2.45, 2.75) is 68.6 Å². The van der Waals surface area contributed by atoms with Crippen molar-refractivity contribution >= 4 is 59.9 Å². The number of ether oxygens (including phenoxy) is 1. The molecule has 6 N–H and O–H groups in total. The first-order chi connectivity index (χ1) is 33.8. The fourth-order valence-corrected chi connectivity index (χ4v) is 10.3. The number of hydrogen-bond donors (Lipinski definition) is 6. The number of aryl methyl sites for hydroxylation is 2. The Morgan fingerprint density at radius 3 is 2.49 bits per heavy atom. The number of phenols is 1. The molecular weight excluding hydrogens is 968 g/mol. The number of hydrogen-bond acceptors (Lipinski definition) is 17. The lowest BCUT2D eigenvalue weighted by Crippen LogP contribution is -2.41. The van der Waals surface area contributed by atoms with Crippen LogP contribution < -0.4 is 32.4 Å². The van der Waals surface area contributed by atoms with Crippen molar-refractivity contribution in [1.82, 2.24) is 20.4 Å². The number of nitrogens with one attached hydrogen (secondary N) is 3. The van der Waals surface area contributed by atoms with Crippen LogP contribution in [0.5, 0.6) is 5.75 Å². The van der Waals surface area contributed by atoms with E-state index in [0.717, 1.165) is 21.9 Å². The van der Waals surface area contributed by atoms with E-state index < -0.39 is 73.1 Å². The number of carbonyl (C=O) groups is 5. The number of carboxylic acids is 1. The van der Waals surface area contributed by atoms with Gasteiger partial charge in [0.2, 0.25) is 5.91 Å². The Hall–Kier alpha value is -7.04. The number of aliphatic hydroxyl groups is 1. The topological polar surface area (TPSA) is 323 Å². The van der Waals surface area contributed by atoms with Gasteiger partial charge >= 0.3 is 11.7 Å². The van der Waals surface area contributed by atoms with Crippen LogP contribution in [0.2, 0.25) is 0 Å². The minimum absolute atomic E-state index is 0.00260. The number of fused-ring (bicyclic) bond motifs is 2. The minimum Gasteiger partial charge on any atom is -0.756 e. The number of aromatic carboxylic acids is 1. The molecule has 4 aromatic rings. The summed E-state index contributed by atoms with van der Waals surface area (Å²) < 4.78 is 34.9. The number of thioether (sulfide) groups is 1. The second kappa shape index (κ2) is 21.1. The van der Waals surface area contributed by atoms with E-state index in [9.17, 15) is 63.1 Å². The van der Waals surface area contributed by atoms with Gasteiger partial charge in [0.1, 0.15) is 41.1 Å². The molecule has 2 aliphatic carbocycles. The van der Waals surface area contributed by atoms with E-state index in [-0.39, 0.29) is 88.0 Å². The van der Waals surface area contributed by atoms with Crippen molar-refractivity contribution < 1.29 is 67.0 Å². The summed E-state index contributed by atoms with van der Waals surface area (Å²) in [6, 6.07) is 18.9. The van der Waals surface area contributed by atoms with Crippen LogP contribution in [0.3, 0.4) is 0 Å². The van der Waals surface area contributed by atoms with Crippen LogP contribution in [0.15, 0.2) is 104 Å². The number of rotatable bonds is 17. The number of phosphoric ester groups is 1. The molecular formula is C48H44N4O17PS-. The van der Waals surface area contributed by atoms with Crippen molar-refractivity contribution in [3.63, 3.8) is 0 Å². The summed E-state index contributed by atoms with van der Waals surface area (Å²) in [5.74, 6) is -4.15. The molecule has 0 spiro atoms. The summed E-state index contributed by atoms with van der Waals surface area (Å²) in [7, 11) is -4.89. The van der Waals surface area contributed by atoms with Crippen LogP contribution >= 0.6 is 19.6 Å². The summed E-state index contributed by atoms with van der Waals surface area (Å²) in [5.41, 5.74) is 5.41. The number of aromatic hydroxyl groups is 1. The number of aromatic amines is 1. The number of Topliss-reactive ketones (excluding diaryl/α,β-unsaturated/α-hetero) is 2. The first-order valence-electron chi connectivity index (χ1n) is 22.0. The molecule has 1 saturated heterocycles. The molecule has 2 fully saturated rings. The molecule has 3 aromatic carbocycles. The molecule has 3 unspecified atom stereocenters. The summed E-state index contributed by atoms with van der Waals surface area (Å²) in [5, 5.41) is 30.3. The molecule has 1 saturated carbocycles. The van der Waals surface area contributed by atoms with Gasteiger partial charge in [0.05, 0.1) is 30.1 Å². The fraction of sp³-hybridized carbons (Fsp3) is 0.292. The Labute approximate surface area is 405 Å². The molecule has 21 nitrogen and oxygen atoms in total. The molecule has 2 amide bonds. The number of H-pyrrole nitrogens is 1. The average molecular weight is 1010 g/mol. The number of carboxylic acid groups (broad SMARTS) is 1. The number of nitrogens with zero attached hydrogens (tertiary/aromatic N) is 1. The highest BCUT2D eigenvalue weighted by Crippen LogP contribution is 2.43. The lowest BCUT2D eigenvalue weighted by Gasteiger charge is -2.25. The zero-order valence-electron chi connectivity index (χ0n) is 37.5. The van der Waals surface area contributed by atoms with Crippen LogP contribution in [-0.4, -0.2) is 90.6 Å². The first kappa shape index (κ1) is 50.4. The van der Waals surface area contributed by atoms with Gasteiger partial charge < -0.3 is 38.4 Å². The van der Waals surface area contributed by atoms with Gasteiger partial charge in [0.15, 0.2) is 11.2 Å². The van der Waals surface area contributed by atoms with E-state index >= 15 is 0 Å². The van der Waals surface area contributed by atoms with Crippen molar-refractivity contribution in [2.75, 3.05) is 19.0 Å². The SMILES string of the molecule is Cc1cn([C@H]2C[C@@H](O)[C@@H](COP(=O)([O-])OCCSC3CC(=O)C(c4ccc(CCCC(=O)NNC(=O)c5ccc(C(=O)O)c(-c6c7ccc(=O)cc-7oc7cc(O)ccc67)c5)cc4)C3=O)O2)c(=O)[nH]c1=O. The predicted octanol–water partition coefficient (Wildman–Crippen LogP) is 3.49. The smallest absolute Gasteiger partial charge is 0.336 e. The minimum atomic E-state index is -4.89. The number of amides is 2. The largest absolute Gasteiger partial charge is 0.756 e. The molecule has 6 atom stereocenters. The van der Waals surface area contributed by atoms with Gasteiger partial charge in [-0.2, -0.15) is 0 Å². The van der Waals surface area contributed by atoms with E-state index in [4.69, 9.17) is 18.2 Å². The third kappa shape index (κ3) is 11.4. The quantitative estimate of drug-likeness (QED) is 0.0250. The van der Waals surface area contributed by atoms with Gasteiger partial charge in [-0.25, -0.2) is 9.59 Å². The van der Waals surface area contributed by atoms with E-state index in [1.165, 1.54) is 67.7 Å². The van der Waals surface area contributed by atoms with E-state index in [1.807, 2.05) is 0 Å². The molecule has 8 rings (SSSR count). The van der Waals surface area contributed by atoms with Crippen LogP contribution in [0.4, 0.5) is 0 Å². The number of phosphoric acid groups is 1. The van der Waals surface area contributed by atoms with Crippen molar-refractivity contribution in [3.05, 3.63) is 144 Å². The molecule has 370 valence electrons. The Morgan fingerprint density at radius 2 is 1.73 bits per heavy atom. The first-order valence-corrected chi connectivity index (χ1v) is 24.6. The molecule has 0 bridgehead atoms. The monoisotopic (exact) mass is 1010 g/mol. The number of aliphatic hydroxyl groups excluding tert-OH is 1. The summed E-state index contributed by atoms with van der Waals surface area (Å²) in [6.07, 6.45) is -1.36. The third-order valence-corrected chi connectivity index (χ3v) is 14.1. The lowest BCUT2D eigenvalue weighted by molar-refractivity contribution is -0.228. The molecule has 71 heavy (non-hydrogen) atoms. The van der Waals surface area contributed by atoms with Crippen molar-refractivity contribution in [1.29, 1.82) is 0 Å². The molecule has 0 radical (unpaired) electrons. The summed E-state index contributed by atoms with van der Waals surface area (Å²) in [6.45, 7) is 0.497. The number of phenolic OH excluding ortho intramolecular Hbond substituents is 1. The summed E-state index contributed by atoms with van der Waals surface area (Å²) in [4.78, 5) is 115. The van der Waals surface area contributed by atoms with Gasteiger partial charge in [-0.3, -0.25) is 53.7 Å². The number of hydrazine groups is 1. The maximum absolute atomic E-state index is 13.3. The summed E-state index contributed by atoms with van der Waals surface area (Å²) >= 11 is 1.07. The highest BCUT2D eigenvalue weighted by atomic mass is 32.2. The second-order valence-electron chi connectivity index (χ2n) is 16.8. The van der Waals surface area contributed by atoms with Crippen LogP contribution in [0.25, 0.3) is 33.4 Å². The van der Waals surface area contributed by atoms with Gasteiger partial charge in [-0.05, 0) is 78.9 Å². The molecule has 1 aromatic heterocycles. The number of carbonyl (C=O) groups excluding carboxylic acids is 4. The van der Waals surface area contributed by atoms with Gasteiger partial charge in [-0.15, -0.1) is 11.8 Å². The fourth-order valence-electron chi connectivity index (χ4n) is 8.43. The normalized spacial score (nSPS) is 19.8. The third-order valence-electron chi connectivity index (χ3n) is 12.0. The molecule has 2 aliphatic heterocycles. The Balaban J connectivity index is 0.782. The molecule has 23 heteroatoms. The van der Waals surface area contributed by atoms with Crippen LogP contribution in [0.1, 0.15) is 75.2 Å². The maximum atomic E-state index is 13.3. The second-order valence-corrected chi connectivity index (χ2v) is 19.6. The van der Waals surface area contributed by atoms with E-state index in [2.05, 4.69) is 15.8 Å². The van der Waals surface area contributed by atoms with E-state index in [1.54, 1.807) is 24.3 Å². The zero-order valence-corrected chi connectivity index (χ0v) is 39.2. The Kier molecular flexibility index (Phi) is 15.0. The zero-order chi connectivity index (χ0) is 50.7.